The fraction of sp³-hybridized carbons (Fsp3) is 0.250. The highest BCUT2D eigenvalue weighted by Gasteiger charge is 2.35. The van der Waals surface area contributed by atoms with Crippen molar-refractivity contribution < 1.29 is 19.1 Å². The Labute approximate surface area is 185 Å². The standard InChI is InChI=1S/C24H24N4O4/c1-27-13-11-25-21(27)20(16-7-4-3-5-8-16)26-22(29)17-9-10-18-19(15-17)24(31)28(23(18)30)12-6-14-32-2/h3-5,7-11,13,15,20H,6,12,14H2,1-2H3,(H,26,29). The number of benzene rings is 2. The van der Waals surface area contributed by atoms with E-state index in [1.807, 2.05) is 48.1 Å². The third kappa shape index (κ3) is 4.04. The lowest BCUT2D eigenvalue weighted by Gasteiger charge is -2.19. The molecule has 0 saturated carbocycles. The van der Waals surface area contributed by atoms with E-state index in [0.29, 0.717) is 30.0 Å². The molecule has 2 aromatic carbocycles. The zero-order valence-electron chi connectivity index (χ0n) is 17.9. The van der Waals surface area contributed by atoms with Crippen molar-refractivity contribution in [2.24, 2.45) is 7.05 Å². The summed E-state index contributed by atoms with van der Waals surface area (Å²) in [5, 5.41) is 3.01. The number of aryl methyl sites for hydroxylation is 1. The quantitative estimate of drug-likeness (QED) is 0.436. The average molecular weight is 432 g/mol. The maximum absolute atomic E-state index is 13.1. The number of ether oxygens (including phenoxy) is 1. The van der Waals surface area contributed by atoms with Crippen LogP contribution < -0.4 is 5.32 Å². The molecular formula is C24H24N4O4. The Bertz CT molecular complexity index is 1160. The van der Waals surface area contributed by atoms with E-state index in [4.69, 9.17) is 4.74 Å². The minimum absolute atomic E-state index is 0.244. The van der Waals surface area contributed by atoms with Crippen LogP contribution in [0.25, 0.3) is 0 Å². The van der Waals surface area contributed by atoms with Crippen molar-refractivity contribution in [2.45, 2.75) is 12.5 Å². The van der Waals surface area contributed by atoms with Crippen molar-refractivity contribution in [3.05, 3.63) is 89.0 Å². The summed E-state index contributed by atoms with van der Waals surface area (Å²) >= 11 is 0. The summed E-state index contributed by atoms with van der Waals surface area (Å²) in [6, 6.07) is 13.7. The molecule has 1 aliphatic heterocycles. The molecule has 32 heavy (non-hydrogen) atoms. The average Bonchev–Trinajstić information content (AvgIpc) is 3.34. The fourth-order valence-electron chi connectivity index (χ4n) is 3.81. The van der Waals surface area contributed by atoms with Crippen molar-refractivity contribution in [3.63, 3.8) is 0 Å². The molecule has 164 valence electrons. The molecule has 1 N–H and O–H groups in total. The summed E-state index contributed by atoms with van der Waals surface area (Å²) in [6.07, 6.45) is 4.04. The molecule has 1 atom stereocenters. The Morgan fingerprint density at radius 3 is 2.53 bits per heavy atom. The molecular weight excluding hydrogens is 408 g/mol. The van der Waals surface area contributed by atoms with Gasteiger partial charge in [0, 0.05) is 45.3 Å². The van der Waals surface area contributed by atoms with Crippen LogP contribution in [0.2, 0.25) is 0 Å². The Hall–Kier alpha value is -3.78. The van der Waals surface area contributed by atoms with Crippen molar-refractivity contribution in [1.29, 1.82) is 0 Å². The monoisotopic (exact) mass is 432 g/mol. The predicted octanol–water partition coefficient (Wildman–Crippen LogP) is 2.57. The summed E-state index contributed by atoms with van der Waals surface area (Å²) in [4.78, 5) is 44.1. The second-order valence-corrected chi connectivity index (χ2v) is 7.58. The number of fused-ring (bicyclic) bond motifs is 1. The Morgan fingerprint density at radius 2 is 1.84 bits per heavy atom. The first-order valence-electron chi connectivity index (χ1n) is 10.3. The van der Waals surface area contributed by atoms with Crippen LogP contribution in [0, 0.1) is 0 Å². The van der Waals surface area contributed by atoms with Crippen LogP contribution in [0.15, 0.2) is 60.9 Å². The van der Waals surface area contributed by atoms with Gasteiger partial charge in [-0.25, -0.2) is 4.98 Å². The third-order valence-corrected chi connectivity index (χ3v) is 5.49. The topological polar surface area (TPSA) is 93.5 Å². The van der Waals surface area contributed by atoms with Crippen molar-refractivity contribution >= 4 is 17.7 Å². The maximum atomic E-state index is 13.1. The Balaban J connectivity index is 1.59. The van der Waals surface area contributed by atoms with Gasteiger partial charge in [-0.15, -0.1) is 0 Å². The maximum Gasteiger partial charge on any atom is 0.261 e. The molecule has 0 bridgehead atoms. The summed E-state index contributed by atoms with van der Waals surface area (Å²) in [7, 11) is 3.43. The Morgan fingerprint density at radius 1 is 1.09 bits per heavy atom. The number of aromatic nitrogens is 2. The second-order valence-electron chi connectivity index (χ2n) is 7.58. The summed E-state index contributed by atoms with van der Waals surface area (Å²) in [6.45, 7) is 0.728. The van der Waals surface area contributed by atoms with Crippen LogP contribution in [0.3, 0.4) is 0 Å². The van der Waals surface area contributed by atoms with E-state index in [0.717, 1.165) is 5.56 Å². The second kappa shape index (κ2) is 9.15. The van der Waals surface area contributed by atoms with Crippen LogP contribution in [0.1, 0.15) is 54.9 Å². The first-order chi connectivity index (χ1) is 15.5. The number of carbonyl (C=O) groups excluding carboxylic acids is 3. The van der Waals surface area contributed by atoms with Gasteiger partial charge in [-0.05, 0) is 30.2 Å². The number of imidazole rings is 1. The lowest BCUT2D eigenvalue weighted by Crippen LogP contribution is -2.31. The van der Waals surface area contributed by atoms with E-state index in [-0.39, 0.29) is 29.8 Å². The fourth-order valence-corrected chi connectivity index (χ4v) is 3.81. The molecule has 0 spiro atoms. The number of nitrogens with one attached hydrogen (secondary N) is 1. The number of methoxy groups -OCH3 is 1. The van der Waals surface area contributed by atoms with Crippen LogP contribution in [-0.2, 0) is 11.8 Å². The molecule has 3 aromatic rings. The van der Waals surface area contributed by atoms with Crippen LogP contribution >= 0.6 is 0 Å². The summed E-state index contributed by atoms with van der Waals surface area (Å²) in [5.74, 6) is -0.410. The van der Waals surface area contributed by atoms with E-state index in [2.05, 4.69) is 10.3 Å². The van der Waals surface area contributed by atoms with Crippen LogP contribution in [0.4, 0.5) is 0 Å². The van der Waals surface area contributed by atoms with Crippen LogP contribution in [0.5, 0.6) is 0 Å². The Kier molecular flexibility index (Phi) is 6.13. The number of rotatable bonds is 8. The lowest BCUT2D eigenvalue weighted by molar-refractivity contribution is 0.0638. The highest BCUT2D eigenvalue weighted by atomic mass is 16.5. The predicted molar refractivity (Wildman–Crippen MR) is 117 cm³/mol. The van der Waals surface area contributed by atoms with Gasteiger partial charge in [-0.2, -0.15) is 0 Å². The van der Waals surface area contributed by atoms with E-state index < -0.39 is 6.04 Å². The van der Waals surface area contributed by atoms with E-state index in [1.54, 1.807) is 25.4 Å². The summed E-state index contributed by atoms with van der Waals surface area (Å²) in [5.41, 5.74) is 1.74. The first-order valence-corrected chi connectivity index (χ1v) is 10.3. The minimum Gasteiger partial charge on any atom is -0.385 e. The van der Waals surface area contributed by atoms with Gasteiger partial charge < -0.3 is 14.6 Å². The molecule has 2 heterocycles. The van der Waals surface area contributed by atoms with E-state index in [1.165, 1.54) is 11.0 Å². The van der Waals surface area contributed by atoms with Gasteiger partial charge in [-0.3, -0.25) is 19.3 Å². The number of hydrogen-bond donors (Lipinski definition) is 1. The van der Waals surface area contributed by atoms with E-state index >= 15 is 0 Å². The van der Waals surface area contributed by atoms with E-state index in [9.17, 15) is 14.4 Å². The van der Waals surface area contributed by atoms with Gasteiger partial charge in [-0.1, -0.05) is 30.3 Å². The smallest absolute Gasteiger partial charge is 0.261 e. The highest BCUT2D eigenvalue weighted by molar-refractivity contribution is 6.22. The number of hydrogen-bond acceptors (Lipinski definition) is 5. The summed E-state index contributed by atoms with van der Waals surface area (Å²) < 4.78 is 6.85. The normalized spacial score (nSPS) is 13.9. The molecule has 1 aromatic heterocycles. The highest BCUT2D eigenvalue weighted by Crippen LogP contribution is 2.25. The number of amides is 3. The largest absolute Gasteiger partial charge is 0.385 e. The molecule has 0 radical (unpaired) electrons. The van der Waals surface area contributed by atoms with Crippen LogP contribution in [-0.4, -0.2) is 52.4 Å². The molecule has 3 amide bonds. The SMILES string of the molecule is COCCCN1C(=O)c2ccc(C(=O)NC(c3ccccc3)c3nccn3C)cc2C1=O. The molecule has 0 saturated heterocycles. The molecule has 8 heteroatoms. The first kappa shape index (κ1) is 21.5. The van der Waals surface area contributed by atoms with Gasteiger partial charge in [0.05, 0.1) is 11.1 Å². The number of nitrogens with zero attached hydrogens (tertiary/aromatic N) is 3. The van der Waals surface area contributed by atoms with Gasteiger partial charge in [0.1, 0.15) is 11.9 Å². The third-order valence-electron chi connectivity index (χ3n) is 5.49. The molecule has 8 nitrogen and oxygen atoms in total. The zero-order chi connectivity index (χ0) is 22.7. The van der Waals surface area contributed by atoms with Gasteiger partial charge in [0.2, 0.25) is 0 Å². The van der Waals surface area contributed by atoms with Gasteiger partial charge in [0.15, 0.2) is 0 Å². The van der Waals surface area contributed by atoms with Crippen molar-refractivity contribution in [1.82, 2.24) is 19.8 Å². The van der Waals surface area contributed by atoms with Gasteiger partial charge >= 0.3 is 0 Å². The molecule has 1 aliphatic rings. The number of imide groups is 1. The molecule has 0 aliphatic carbocycles. The molecule has 1 unspecified atom stereocenters. The van der Waals surface area contributed by atoms with Crippen molar-refractivity contribution in [2.75, 3.05) is 20.3 Å². The molecule has 4 rings (SSSR count). The lowest BCUT2D eigenvalue weighted by atomic mass is 10.0. The minimum atomic E-state index is -0.472. The van der Waals surface area contributed by atoms with Gasteiger partial charge in [0.25, 0.3) is 17.7 Å². The zero-order valence-corrected chi connectivity index (χ0v) is 17.9. The molecule has 0 fully saturated rings. The number of carbonyl (C=O) groups is 3. The van der Waals surface area contributed by atoms with Crippen molar-refractivity contribution in [3.8, 4) is 0 Å².